The van der Waals surface area contributed by atoms with Gasteiger partial charge >= 0.3 is 149 Å². The van der Waals surface area contributed by atoms with Crippen molar-refractivity contribution in [3.05, 3.63) is 20.6 Å². The van der Waals surface area contributed by atoms with Crippen LogP contribution in [0.3, 0.4) is 0 Å². The molecule has 0 N–H and O–H groups in total. The van der Waals surface area contributed by atoms with Crippen molar-refractivity contribution in [2.75, 3.05) is 6.54 Å². The summed E-state index contributed by atoms with van der Waals surface area (Å²) in [7, 11) is 0. The fraction of sp³-hybridized carbons (Fsp3) is 0.895. The third kappa shape index (κ3) is 11.9. The van der Waals surface area contributed by atoms with Crippen molar-refractivity contribution in [1.82, 2.24) is 0 Å². The molecular weight excluding hydrogens is 389 g/mol. The number of allylic oxidation sites excluding steroid dienone is 1. The molecule has 3 nitrogen and oxygen atoms in total. The molecule has 0 bridgehead atoms. The van der Waals surface area contributed by atoms with Crippen LogP contribution in [0.15, 0.2) is 15.3 Å². The second kappa shape index (κ2) is 15.4. The molecule has 0 aromatic heterocycles. The molecule has 0 aromatic carbocycles. The van der Waals surface area contributed by atoms with E-state index < -0.39 is 18.4 Å². The van der Waals surface area contributed by atoms with Crippen molar-refractivity contribution in [2.24, 2.45) is 11.0 Å². The number of nitrogens with zero attached hydrogens (tertiary/aromatic N) is 3. The molecule has 0 radical (unpaired) electrons. The van der Waals surface area contributed by atoms with Gasteiger partial charge in [0.2, 0.25) is 0 Å². The molecule has 4 heteroatoms. The Morgan fingerprint density at radius 2 is 1.52 bits per heavy atom. The molecule has 23 heavy (non-hydrogen) atoms. The van der Waals surface area contributed by atoms with Gasteiger partial charge in [-0.15, -0.1) is 0 Å². The van der Waals surface area contributed by atoms with Crippen LogP contribution in [0.25, 0.3) is 10.4 Å². The van der Waals surface area contributed by atoms with Gasteiger partial charge in [0.1, 0.15) is 0 Å². The summed E-state index contributed by atoms with van der Waals surface area (Å²) >= 11 is -2.06. The minimum absolute atomic E-state index is 0.502. The average Bonchev–Trinajstić information content (AvgIpc) is 2.57. The zero-order valence-electron chi connectivity index (χ0n) is 16.1. The summed E-state index contributed by atoms with van der Waals surface area (Å²) in [6.07, 6.45) is 13.1. The quantitative estimate of drug-likeness (QED) is 0.111. The zero-order chi connectivity index (χ0) is 17.4. The molecule has 0 aromatic rings. The van der Waals surface area contributed by atoms with Crippen LogP contribution >= 0.6 is 0 Å². The number of unbranched alkanes of at least 4 members (excludes halogenated alkanes) is 3. The first-order chi connectivity index (χ1) is 11.1. The van der Waals surface area contributed by atoms with Crippen molar-refractivity contribution < 1.29 is 0 Å². The third-order valence-electron chi connectivity index (χ3n) is 4.84. The van der Waals surface area contributed by atoms with Gasteiger partial charge in [-0.05, 0) is 0 Å². The average molecular weight is 428 g/mol. The SMILES string of the molecule is CCC[CH2][Sn](/[CH]=C/CC[C@H](C)CN=[N+]=[N-])([CH2]CCC)[CH2]CCC. The number of hydrogen-bond acceptors (Lipinski definition) is 1. The van der Waals surface area contributed by atoms with E-state index in [9.17, 15) is 0 Å². The maximum atomic E-state index is 8.39. The van der Waals surface area contributed by atoms with Crippen LogP contribution in [0, 0.1) is 5.92 Å². The van der Waals surface area contributed by atoms with Gasteiger partial charge in [-0.2, -0.15) is 0 Å². The number of hydrogen-bond donors (Lipinski definition) is 0. The molecule has 0 saturated carbocycles. The Hall–Kier alpha value is -0.151. The normalized spacial score (nSPS) is 13.2. The monoisotopic (exact) mass is 429 g/mol. The molecule has 0 heterocycles. The van der Waals surface area contributed by atoms with Crippen molar-refractivity contribution in [1.29, 1.82) is 0 Å². The van der Waals surface area contributed by atoms with E-state index in [1.807, 2.05) is 0 Å². The molecule has 0 aliphatic heterocycles. The van der Waals surface area contributed by atoms with Crippen LogP contribution in [0.1, 0.15) is 79.1 Å². The minimum atomic E-state index is -2.06. The van der Waals surface area contributed by atoms with Gasteiger partial charge in [-0.1, -0.05) is 0 Å². The Morgan fingerprint density at radius 3 is 1.96 bits per heavy atom. The molecule has 0 spiro atoms. The van der Waals surface area contributed by atoms with Crippen molar-refractivity contribution in [3.8, 4) is 0 Å². The Morgan fingerprint density at radius 1 is 1.00 bits per heavy atom. The Balaban J connectivity index is 4.65. The second-order valence-electron chi connectivity index (χ2n) is 7.17. The molecule has 1 atom stereocenters. The predicted octanol–water partition coefficient (Wildman–Crippen LogP) is 7.66. The molecule has 0 aliphatic carbocycles. The van der Waals surface area contributed by atoms with Gasteiger partial charge in [0.25, 0.3) is 0 Å². The standard InChI is InChI=1S/C7H12N3.3C4H9.Sn/c1-3-4-5-7(2)6-9-10-8;3*1-3-4-2;/h1,3,7H,4-6H2,2H3;3*1,3-4H2,2H3;/t7-;;;;/m0..../s1. The van der Waals surface area contributed by atoms with Crippen LogP contribution in [0.4, 0.5) is 0 Å². The third-order valence-corrected chi connectivity index (χ3v) is 19.1. The summed E-state index contributed by atoms with van der Waals surface area (Å²) in [6.45, 7) is 9.82. The summed E-state index contributed by atoms with van der Waals surface area (Å²) in [6, 6.07) is 0. The van der Waals surface area contributed by atoms with Gasteiger partial charge in [-0.3, -0.25) is 0 Å². The first-order valence-corrected chi connectivity index (χ1v) is 17.5. The van der Waals surface area contributed by atoms with Crippen LogP contribution in [-0.4, -0.2) is 24.9 Å². The predicted molar refractivity (Wildman–Crippen MR) is 106 cm³/mol. The summed E-state index contributed by atoms with van der Waals surface area (Å²) < 4.78 is 7.41. The van der Waals surface area contributed by atoms with Crippen LogP contribution in [-0.2, 0) is 0 Å². The van der Waals surface area contributed by atoms with Crippen molar-refractivity contribution >= 4 is 18.4 Å². The van der Waals surface area contributed by atoms with Gasteiger partial charge in [0.15, 0.2) is 0 Å². The van der Waals surface area contributed by atoms with E-state index in [2.05, 4.69) is 47.9 Å². The fourth-order valence-corrected chi connectivity index (χ4v) is 17.7. The molecule has 0 fully saturated rings. The van der Waals surface area contributed by atoms with E-state index >= 15 is 0 Å². The van der Waals surface area contributed by atoms with E-state index in [1.54, 1.807) is 13.3 Å². The van der Waals surface area contributed by atoms with E-state index in [1.165, 1.54) is 38.5 Å². The first-order valence-electron chi connectivity index (χ1n) is 9.82. The van der Waals surface area contributed by atoms with Gasteiger partial charge in [0, 0.05) is 0 Å². The molecule has 0 rings (SSSR count). The zero-order valence-corrected chi connectivity index (χ0v) is 18.9. The van der Waals surface area contributed by atoms with E-state index in [4.69, 9.17) is 5.53 Å². The van der Waals surface area contributed by atoms with Crippen LogP contribution in [0.2, 0.25) is 13.3 Å². The van der Waals surface area contributed by atoms with E-state index in [-0.39, 0.29) is 0 Å². The van der Waals surface area contributed by atoms with Gasteiger partial charge in [0.05, 0.1) is 0 Å². The maximum absolute atomic E-state index is 8.39. The second-order valence-corrected chi connectivity index (χ2v) is 20.2. The fourth-order valence-electron chi connectivity index (χ4n) is 3.19. The van der Waals surface area contributed by atoms with Gasteiger partial charge in [-0.25, -0.2) is 0 Å². The summed E-state index contributed by atoms with van der Waals surface area (Å²) in [5.41, 5.74) is 8.39. The van der Waals surface area contributed by atoms with Crippen LogP contribution in [0.5, 0.6) is 0 Å². The molecule has 0 saturated heterocycles. The Labute approximate surface area is 148 Å². The van der Waals surface area contributed by atoms with E-state index in [0.717, 1.165) is 12.8 Å². The van der Waals surface area contributed by atoms with Crippen molar-refractivity contribution in [3.63, 3.8) is 0 Å². The summed E-state index contributed by atoms with van der Waals surface area (Å²) in [4.78, 5) is 2.86. The molecule has 0 aliphatic rings. The topological polar surface area (TPSA) is 48.8 Å². The Bertz CT molecular complexity index is 327. The van der Waals surface area contributed by atoms with Crippen molar-refractivity contribution in [2.45, 2.75) is 92.4 Å². The number of azide groups is 1. The Kier molecular flexibility index (Phi) is 15.3. The summed E-state index contributed by atoms with van der Waals surface area (Å²) in [5, 5.41) is 3.69. The number of rotatable bonds is 15. The summed E-state index contributed by atoms with van der Waals surface area (Å²) in [5.74, 6) is 0.502. The molecule has 134 valence electrons. The first kappa shape index (κ1) is 22.8. The molecule has 0 amide bonds. The van der Waals surface area contributed by atoms with Crippen LogP contribution < -0.4 is 0 Å². The van der Waals surface area contributed by atoms with E-state index in [0.29, 0.717) is 12.5 Å². The van der Waals surface area contributed by atoms with Gasteiger partial charge < -0.3 is 0 Å². The molecular formula is C19H39N3Sn. The molecule has 0 unspecified atom stereocenters.